The molecule has 0 bridgehead atoms. The van der Waals surface area contributed by atoms with Gasteiger partial charge >= 0.3 is 0 Å². The Kier molecular flexibility index (Phi) is 91.0. The Labute approximate surface area is 45.9 Å². The first-order valence-corrected chi connectivity index (χ1v) is 0.707. The summed E-state index contributed by atoms with van der Waals surface area (Å²) in [5, 5.41) is 0. The smallest absolute Gasteiger partial charge is 0 e. The summed E-state index contributed by atoms with van der Waals surface area (Å²) in [4.78, 5) is 0. The Morgan fingerprint density at radius 3 is 1.20 bits per heavy atom. The van der Waals surface area contributed by atoms with Crippen molar-refractivity contribution < 1.29 is 16.5 Å². The molecule has 0 aromatic rings. The summed E-state index contributed by atoms with van der Waals surface area (Å²) in [6, 6.07) is 0. The van der Waals surface area contributed by atoms with Gasteiger partial charge in [0, 0.05) is 16.5 Å². The van der Waals surface area contributed by atoms with Crippen LogP contribution in [-0.4, -0.2) is 0 Å². The van der Waals surface area contributed by atoms with Crippen molar-refractivity contribution in [2.75, 3.05) is 0 Å². The molecule has 0 heterocycles. The van der Waals surface area contributed by atoms with Crippen molar-refractivity contribution in [2.45, 2.75) is 0 Å². The Balaban J connectivity index is -0.0000000200. The monoisotopic (exact) mass is 132 g/mol. The predicted molar refractivity (Wildman–Crippen MR) is 25.9 cm³/mol. The van der Waals surface area contributed by atoms with Gasteiger partial charge in [0.1, 0.15) is 0 Å². The van der Waals surface area contributed by atoms with Gasteiger partial charge in [0.05, 0.1) is 0 Å². The van der Waals surface area contributed by atoms with Crippen LogP contribution in [0.5, 0.6) is 0 Å². The van der Waals surface area contributed by atoms with E-state index in [2.05, 4.69) is 18.9 Å². The maximum absolute atomic E-state index is 3.12. The second-order valence-electron chi connectivity index (χ2n) is 0.250. The first kappa shape index (κ1) is 18.0. The van der Waals surface area contributed by atoms with Crippen molar-refractivity contribution in [3.63, 3.8) is 0 Å². The first-order valence-electron chi connectivity index (χ1n) is 0.707. The van der Waals surface area contributed by atoms with E-state index in [-0.39, 0.29) is 26.4 Å². The molecule has 0 aliphatic rings. The van der Waals surface area contributed by atoms with Crippen LogP contribution in [0.2, 0.25) is 0 Å². The molecule has 0 nitrogen and oxygen atoms in total. The van der Waals surface area contributed by atoms with Gasteiger partial charge in [0.25, 0.3) is 0 Å². The van der Waals surface area contributed by atoms with Crippen molar-refractivity contribution in [3.05, 3.63) is 18.9 Å². The minimum atomic E-state index is 0. The van der Waals surface area contributed by atoms with Crippen molar-refractivity contribution in [1.82, 2.24) is 0 Å². The standard InChI is InChI=1S/C3H4.Ni.H3P/c1-3-2;;/h1-2H2;;1H3. The van der Waals surface area contributed by atoms with E-state index in [0.717, 1.165) is 0 Å². The molecular formula is C3H7NiP. The summed E-state index contributed by atoms with van der Waals surface area (Å²) in [5.41, 5.74) is 2.25. The third kappa shape index (κ3) is 135. The van der Waals surface area contributed by atoms with Gasteiger partial charge < -0.3 is 0 Å². The van der Waals surface area contributed by atoms with Crippen LogP contribution >= 0.6 is 9.90 Å². The summed E-state index contributed by atoms with van der Waals surface area (Å²) in [6.07, 6.45) is 0. The van der Waals surface area contributed by atoms with E-state index in [9.17, 15) is 0 Å². The average Bonchev–Trinajstić information content (AvgIpc) is 0.918. The molecule has 0 spiro atoms. The average molecular weight is 133 g/mol. The summed E-state index contributed by atoms with van der Waals surface area (Å²) < 4.78 is 0. The van der Waals surface area contributed by atoms with E-state index >= 15 is 0 Å². The van der Waals surface area contributed by atoms with Gasteiger partial charge in [-0.15, -0.1) is 5.73 Å². The zero-order valence-corrected chi connectivity index (χ0v) is 5.34. The van der Waals surface area contributed by atoms with E-state index in [1.165, 1.54) is 0 Å². The van der Waals surface area contributed by atoms with Gasteiger partial charge in [-0.3, -0.25) is 0 Å². The molecule has 1 unspecified atom stereocenters. The van der Waals surface area contributed by atoms with E-state index < -0.39 is 0 Å². The Bertz CT molecular complexity index is 27.9. The van der Waals surface area contributed by atoms with Crippen molar-refractivity contribution in [2.24, 2.45) is 0 Å². The van der Waals surface area contributed by atoms with Gasteiger partial charge in [-0.05, 0) is 0 Å². The van der Waals surface area contributed by atoms with Crippen LogP contribution in [0.3, 0.4) is 0 Å². The van der Waals surface area contributed by atoms with Crippen LogP contribution in [0.4, 0.5) is 0 Å². The molecule has 0 amide bonds. The van der Waals surface area contributed by atoms with Crippen molar-refractivity contribution >= 4 is 9.90 Å². The topological polar surface area (TPSA) is 0 Å². The summed E-state index contributed by atoms with van der Waals surface area (Å²) in [6.45, 7) is 6.25. The predicted octanol–water partition coefficient (Wildman–Crippen LogP) is 1.01. The summed E-state index contributed by atoms with van der Waals surface area (Å²) in [5.74, 6) is 0. The van der Waals surface area contributed by atoms with Gasteiger partial charge in [-0.25, -0.2) is 0 Å². The van der Waals surface area contributed by atoms with Crippen molar-refractivity contribution in [3.8, 4) is 0 Å². The van der Waals surface area contributed by atoms with E-state index in [1.807, 2.05) is 0 Å². The molecule has 5 heavy (non-hydrogen) atoms. The Morgan fingerprint density at radius 2 is 1.20 bits per heavy atom. The van der Waals surface area contributed by atoms with E-state index in [0.29, 0.717) is 0 Å². The summed E-state index contributed by atoms with van der Waals surface area (Å²) in [7, 11) is 0. The Morgan fingerprint density at radius 1 is 1.20 bits per heavy atom. The van der Waals surface area contributed by atoms with E-state index in [1.54, 1.807) is 0 Å². The van der Waals surface area contributed by atoms with Crippen LogP contribution < -0.4 is 0 Å². The molecule has 0 fully saturated rings. The molecule has 0 aromatic heterocycles. The third-order valence-electron chi connectivity index (χ3n) is 0. The molecule has 0 saturated heterocycles. The molecule has 2 heteroatoms. The van der Waals surface area contributed by atoms with Crippen LogP contribution in [0, 0.1) is 0 Å². The SMILES string of the molecule is C=C=C.P.[Ni]. The molecule has 0 aliphatic heterocycles. The molecule has 34 valence electrons. The summed E-state index contributed by atoms with van der Waals surface area (Å²) >= 11 is 0. The number of hydrogen-bond acceptors (Lipinski definition) is 0. The molecule has 0 aliphatic carbocycles. The fourth-order valence-electron chi connectivity index (χ4n) is 0. The minimum absolute atomic E-state index is 0. The zero-order valence-electron chi connectivity index (χ0n) is 2.94. The third-order valence-corrected chi connectivity index (χ3v) is 0. The molecule has 0 N–H and O–H groups in total. The fraction of sp³-hybridized carbons (Fsp3) is 0. The maximum atomic E-state index is 3.12. The zero-order chi connectivity index (χ0) is 2.71. The molecular weight excluding hydrogens is 126 g/mol. The minimum Gasteiger partial charge on any atom is -0.153 e. The number of rotatable bonds is 0. The molecule has 0 saturated carbocycles. The Hall–Kier alpha value is 0.444. The maximum Gasteiger partial charge on any atom is 0 e. The quantitative estimate of drug-likeness (QED) is 0.262. The molecule has 0 rings (SSSR count). The number of hydrogen-bond donors (Lipinski definition) is 0. The second kappa shape index (κ2) is 25.3. The largest absolute Gasteiger partial charge is 0.153 e. The van der Waals surface area contributed by atoms with E-state index in [4.69, 9.17) is 0 Å². The van der Waals surface area contributed by atoms with Gasteiger partial charge in [0.15, 0.2) is 0 Å². The van der Waals surface area contributed by atoms with Gasteiger partial charge in [-0.2, -0.15) is 9.90 Å². The molecule has 1 atom stereocenters. The molecule has 0 aromatic carbocycles. The van der Waals surface area contributed by atoms with Crippen molar-refractivity contribution in [1.29, 1.82) is 0 Å². The molecule has 0 radical (unpaired) electrons. The van der Waals surface area contributed by atoms with Crippen LogP contribution in [-0.2, 0) is 16.5 Å². The van der Waals surface area contributed by atoms with Crippen LogP contribution in [0.25, 0.3) is 0 Å². The van der Waals surface area contributed by atoms with Crippen LogP contribution in [0.15, 0.2) is 18.9 Å². The van der Waals surface area contributed by atoms with Crippen LogP contribution in [0.1, 0.15) is 0 Å². The normalized spacial score (nSPS) is 1.60. The van der Waals surface area contributed by atoms with Gasteiger partial charge in [0.2, 0.25) is 0 Å². The second-order valence-corrected chi connectivity index (χ2v) is 0.250. The fourth-order valence-corrected chi connectivity index (χ4v) is 0. The van der Waals surface area contributed by atoms with Gasteiger partial charge in [-0.1, -0.05) is 13.2 Å². The first-order chi connectivity index (χ1) is 1.41.